The zero-order chi connectivity index (χ0) is 18.0. The Balaban J connectivity index is 1.81. The van der Waals surface area contributed by atoms with Crippen LogP contribution >= 0.6 is 11.6 Å². The topological polar surface area (TPSA) is 85.4 Å². The smallest absolute Gasteiger partial charge is 0.291 e. The number of aryl methyl sites for hydroxylation is 1. The fourth-order valence-corrected chi connectivity index (χ4v) is 2.49. The van der Waals surface area contributed by atoms with E-state index < -0.39 is 10.8 Å². The van der Waals surface area contributed by atoms with Crippen LogP contribution in [0.25, 0.3) is 11.3 Å². The molecule has 2 aromatic carbocycles. The number of nitro benzene ring substituents is 1. The van der Waals surface area contributed by atoms with Gasteiger partial charge in [-0.2, -0.15) is 0 Å². The third-order valence-corrected chi connectivity index (χ3v) is 3.87. The molecule has 1 N–H and O–H groups in total. The molecule has 0 atom stereocenters. The lowest BCUT2D eigenvalue weighted by molar-refractivity contribution is -0.384. The van der Waals surface area contributed by atoms with Crippen molar-refractivity contribution in [2.45, 2.75) is 6.92 Å². The molecule has 3 rings (SSSR count). The van der Waals surface area contributed by atoms with Gasteiger partial charge in [0, 0.05) is 28.4 Å². The zero-order valence-corrected chi connectivity index (χ0v) is 13.9. The van der Waals surface area contributed by atoms with Crippen molar-refractivity contribution in [1.29, 1.82) is 0 Å². The van der Waals surface area contributed by atoms with Crippen molar-refractivity contribution in [2.24, 2.45) is 0 Å². The van der Waals surface area contributed by atoms with E-state index in [4.69, 9.17) is 16.0 Å². The number of hydrogen-bond acceptors (Lipinski definition) is 4. The van der Waals surface area contributed by atoms with Gasteiger partial charge in [0.05, 0.1) is 4.92 Å². The summed E-state index contributed by atoms with van der Waals surface area (Å²) in [7, 11) is 0. The number of hydrogen-bond donors (Lipinski definition) is 1. The second-order valence-electron chi connectivity index (χ2n) is 5.38. The maximum Gasteiger partial charge on any atom is 0.291 e. The molecule has 0 aliphatic heterocycles. The molecule has 6 nitrogen and oxygen atoms in total. The van der Waals surface area contributed by atoms with Gasteiger partial charge in [0.25, 0.3) is 11.6 Å². The highest BCUT2D eigenvalue weighted by atomic mass is 35.5. The summed E-state index contributed by atoms with van der Waals surface area (Å²) in [6.45, 7) is 1.75. The monoisotopic (exact) mass is 356 g/mol. The third kappa shape index (κ3) is 3.70. The van der Waals surface area contributed by atoms with E-state index in [1.54, 1.807) is 49.4 Å². The number of nitrogens with zero attached hydrogens (tertiary/aromatic N) is 1. The maximum absolute atomic E-state index is 12.2. The molecule has 1 aromatic heterocycles. The minimum Gasteiger partial charge on any atom is -0.451 e. The Kier molecular flexibility index (Phi) is 4.54. The van der Waals surface area contributed by atoms with Crippen LogP contribution in [0.1, 0.15) is 16.1 Å². The predicted molar refractivity (Wildman–Crippen MR) is 94.9 cm³/mol. The van der Waals surface area contributed by atoms with Gasteiger partial charge >= 0.3 is 0 Å². The van der Waals surface area contributed by atoms with Crippen LogP contribution in [0, 0.1) is 17.0 Å². The molecular formula is C18H13ClN2O4. The van der Waals surface area contributed by atoms with Crippen LogP contribution in [0.3, 0.4) is 0 Å². The van der Waals surface area contributed by atoms with E-state index in [1.807, 2.05) is 0 Å². The van der Waals surface area contributed by atoms with Crippen molar-refractivity contribution in [3.8, 4) is 11.3 Å². The Morgan fingerprint density at radius 1 is 1.12 bits per heavy atom. The summed E-state index contributed by atoms with van der Waals surface area (Å²) in [6, 6.07) is 14.4. The van der Waals surface area contributed by atoms with Crippen LogP contribution in [0.15, 0.2) is 59.0 Å². The van der Waals surface area contributed by atoms with E-state index in [-0.39, 0.29) is 11.4 Å². The van der Waals surface area contributed by atoms with Gasteiger partial charge in [-0.25, -0.2) is 0 Å². The molecular weight excluding hydrogens is 344 g/mol. The molecule has 0 bridgehead atoms. The quantitative estimate of drug-likeness (QED) is 0.522. The van der Waals surface area contributed by atoms with Crippen molar-refractivity contribution < 1.29 is 14.1 Å². The van der Waals surface area contributed by atoms with Gasteiger partial charge in [0.15, 0.2) is 5.76 Å². The van der Waals surface area contributed by atoms with E-state index in [0.717, 1.165) is 0 Å². The molecule has 126 valence electrons. The number of nitrogens with one attached hydrogen (secondary N) is 1. The molecule has 1 amide bonds. The molecule has 0 saturated heterocycles. The number of benzene rings is 2. The summed E-state index contributed by atoms with van der Waals surface area (Å²) in [5, 5.41) is 14.1. The number of furan rings is 1. The lowest BCUT2D eigenvalue weighted by Gasteiger charge is -2.04. The number of nitro groups is 1. The van der Waals surface area contributed by atoms with Crippen molar-refractivity contribution in [2.75, 3.05) is 5.32 Å². The first kappa shape index (κ1) is 16.7. The minimum absolute atomic E-state index is 0.00788. The molecule has 1 heterocycles. The third-order valence-electron chi connectivity index (χ3n) is 3.62. The highest BCUT2D eigenvalue weighted by Gasteiger charge is 2.15. The highest BCUT2D eigenvalue weighted by Crippen LogP contribution is 2.28. The van der Waals surface area contributed by atoms with E-state index in [2.05, 4.69) is 5.32 Å². The summed E-state index contributed by atoms with van der Waals surface area (Å²) >= 11 is 5.81. The molecule has 0 spiro atoms. The SMILES string of the molecule is Cc1cc([N+](=O)[O-])ccc1-c1ccc(C(=O)Nc2ccc(Cl)cc2)o1. The predicted octanol–water partition coefficient (Wildman–Crippen LogP) is 5.07. The van der Waals surface area contributed by atoms with E-state index >= 15 is 0 Å². The summed E-state index contributed by atoms with van der Waals surface area (Å²) < 4.78 is 5.60. The average Bonchev–Trinajstić information content (AvgIpc) is 3.06. The first-order valence-electron chi connectivity index (χ1n) is 7.36. The van der Waals surface area contributed by atoms with Crippen LogP contribution < -0.4 is 5.32 Å². The number of carbonyl (C=O) groups excluding carboxylic acids is 1. The van der Waals surface area contributed by atoms with E-state index in [1.165, 1.54) is 12.1 Å². The molecule has 25 heavy (non-hydrogen) atoms. The summed E-state index contributed by atoms with van der Waals surface area (Å²) in [5.41, 5.74) is 1.98. The lowest BCUT2D eigenvalue weighted by Crippen LogP contribution is -2.10. The fraction of sp³-hybridized carbons (Fsp3) is 0.0556. The van der Waals surface area contributed by atoms with Crippen LogP contribution in [-0.2, 0) is 0 Å². The number of halogens is 1. The number of non-ortho nitro benzene ring substituents is 1. The maximum atomic E-state index is 12.2. The molecule has 7 heteroatoms. The van der Waals surface area contributed by atoms with Crippen molar-refractivity contribution in [1.82, 2.24) is 0 Å². The summed E-state index contributed by atoms with van der Waals surface area (Å²) in [4.78, 5) is 22.6. The minimum atomic E-state index is -0.454. The zero-order valence-electron chi connectivity index (χ0n) is 13.2. The van der Waals surface area contributed by atoms with Gasteiger partial charge in [-0.05, 0) is 55.0 Å². The standard InChI is InChI=1S/C18H13ClN2O4/c1-11-10-14(21(23)24)6-7-15(11)16-8-9-17(25-16)18(22)20-13-4-2-12(19)3-5-13/h2-10H,1H3,(H,20,22). The first-order valence-corrected chi connectivity index (χ1v) is 7.74. The Bertz CT molecular complexity index is 948. The van der Waals surface area contributed by atoms with Gasteiger partial charge in [-0.3, -0.25) is 14.9 Å². The molecule has 0 unspecified atom stereocenters. The average molecular weight is 357 g/mol. The van der Waals surface area contributed by atoms with Crippen molar-refractivity contribution >= 4 is 28.9 Å². The molecule has 0 fully saturated rings. The van der Waals surface area contributed by atoms with Gasteiger partial charge in [-0.1, -0.05) is 11.6 Å². The summed E-state index contributed by atoms with van der Waals surface area (Å²) in [5.74, 6) is 0.212. The Morgan fingerprint density at radius 3 is 2.48 bits per heavy atom. The second kappa shape index (κ2) is 6.78. The number of anilines is 1. The molecule has 0 aliphatic rings. The number of rotatable bonds is 4. The van der Waals surface area contributed by atoms with Gasteiger partial charge in [0.1, 0.15) is 5.76 Å². The first-order chi connectivity index (χ1) is 11.9. The summed E-state index contributed by atoms with van der Waals surface area (Å²) in [6.07, 6.45) is 0. The van der Waals surface area contributed by atoms with E-state index in [9.17, 15) is 14.9 Å². The normalized spacial score (nSPS) is 10.5. The molecule has 3 aromatic rings. The lowest BCUT2D eigenvalue weighted by atomic mass is 10.1. The van der Waals surface area contributed by atoms with Crippen molar-refractivity contribution in [3.05, 3.63) is 81.1 Å². The van der Waals surface area contributed by atoms with Crippen molar-refractivity contribution in [3.63, 3.8) is 0 Å². The van der Waals surface area contributed by atoms with E-state index in [0.29, 0.717) is 27.6 Å². The van der Waals surface area contributed by atoms with Gasteiger partial charge in [-0.15, -0.1) is 0 Å². The highest BCUT2D eigenvalue weighted by molar-refractivity contribution is 6.30. The Labute approximate surface area is 148 Å². The van der Waals surface area contributed by atoms with Crippen LogP contribution in [0.5, 0.6) is 0 Å². The molecule has 0 radical (unpaired) electrons. The van der Waals surface area contributed by atoms with Gasteiger partial charge < -0.3 is 9.73 Å². The Morgan fingerprint density at radius 2 is 1.84 bits per heavy atom. The van der Waals surface area contributed by atoms with Crippen LogP contribution in [0.4, 0.5) is 11.4 Å². The Hall–Kier alpha value is -3.12. The second-order valence-corrected chi connectivity index (χ2v) is 5.82. The molecule has 0 saturated carbocycles. The van der Waals surface area contributed by atoms with Crippen LogP contribution in [-0.4, -0.2) is 10.8 Å². The fourth-order valence-electron chi connectivity index (χ4n) is 2.37. The van der Waals surface area contributed by atoms with Gasteiger partial charge in [0.2, 0.25) is 0 Å². The molecule has 0 aliphatic carbocycles. The number of amides is 1. The van der Waals surface area contributed by atoms with Crippen LogP contribution in [0.2, 0.25) is 5.02 Å². The number of carbonyl (C=O) groups is 1. The largest absolute Gasteiger partial charge is 0.451 e.